The molecule has 3 aromatic heterocycles. The monoisotopic (exact) mass is 409 g/mol. The Labute approximate surface area is 169 Å². The number of aromatic amines is 1. The first-order valence-corrected chi connectivity index (χ1v) is 10.00. The zero-order valence-corrected chi connectivity index (χ0v) is 16.7. The molecule has 0 fully saturated rings. The number of aromatic nitrogens is 6. The van der Waals surface area contributed by atoms with Crippen LogP contribution in [0.25, 0.3) is 16.7 Å². The van der Waals surface area contributed by atoms with Crippen LogP contribution in [0.4, 0.5) is 5.82 Å². The number of nitrogens with zero attached hydrogens (tertiary/aromatic N) is 5. The van der Waals surface area contributed by atoms with Crippen LogP contribution in [0.2, 0.25) is 0 Å². The van der Waals surface area contributed by atoms with Crippen LogP contribution in [0.15, 0.2) is 46.5 Å². The summed E-state index contributed by atoms with van der Waals surface area (Å²) in [6.45, 7) is 3.82. The van der Waals surface area contributed by atoms with Crippen LogP contribution >= 0.6 is 11.8 Å². The van der Waals surface area contributed by atoms with E-state index in [9.17, 15) is 9.59 Å². The quantitative estimate of drug-likeness (QED) is 0.382. The summed E-state index contributed by atoms with van der Waals surface area (Å²) in [6.07, 6.45) is 2.35. The zero-order valence-electron chi connectivity index (χ0n) is 15.9. The number of hydrogen-bond donors (Lipinski definition) is 2. The Balaban J connectivity index is 1.73. The fourth-order valence-electron chi connectivity index (χ4n) is 3.02. The maximum absolute atomic E-state index is 13.1. The smallest absolute Gasteiger partial charge is 0.269 e. The Bertz CT molecular complexity index is 1250. The van der Waals surface area contributed by atoms with E-state index < -0.39 is 0 Å². The maximum Gasteiger partial charge on any atom is 0.269 e. The number of anilines is 1. The topological polar surface area (TPSA) is 124 Å². The molecule has 0 saturated carbocycles. The third kappa shape index (κ3) is 3.54. The first-order valence-electron chi connectivity index (χ1n) is 9.01. The average Bonchev–Trinajstić information content (AvgIpc) is 3.32. The lowest BCUT2D eigenvalue weighted by molar-refractivity contribution is 0.0924. The molecule has 0 spiro atoms. The number of nitrogens with one attached hydrogen (secondary N) is 1. The van der Waals surface area contributed by atoms with Gasteiger partial charge < -0.3 is 5.73 Å². The number of rotatable bonds is 5. The third-order valence-electron chi connectivity index (χ3n) is 4.52. The molecule has 4 rings (SSSR count). The summed E-state index contributed by atoms with van der Waals surface area (Å²) < 4.78 is 2.76. The second-order valence-corrected chi connectivity index (χ2v) is 7.43. The maximum atomic E-state index is 13.1. The number of nitrogen functional groups attached to an aromatic ring is 1. The fraction of sp³-hybridized carbons (Fsp3) is 0.211. The predicted octanol–water partition coefficient (Wildman–Crippen LogP) is 2.19. The van der Waals surface area contributed by atoms with Crippen LogP contribution in [-0.2, 0) is 6.42 Å². The van der Waals surface area contributed by atoms with Gasteiger partial charge in [-0.05, 0) is 31.0 Å². The van der Waals surface area contributed by atoms with E-state index in [1.54, 1.807) is 13.0 Å². The van der Waals surface area contributed by atoms with Crippen LogP contribution < -0.4 is 11.3 Å². The molecular weight excluding hydrogens is 390 g/mol. The molecule has 0 aliphatic carbocycles. The molecule has 0 saturated heterocycles. The molecule has 29 heavy (non-hydrogen) atoms. The van der Waals surface area contributed by atoms with Crippen molar-refractivity contribution in [3.05, 3.63) is 58.1 Å². The average molecular weight is 409 g/mol. The van der Waals surface area contributed by atoms with Gasteiger partial charge in [-0.3, -0.25) is 19.3 Å². The molecule has 10 heteroatoms. The minimum atomic E-state index is -0.254. The Morgan fingerprint density at radius 1 is 1.28 bits per heavy atom. The zero-order chi connectivity index (χ0) is 20.5. The Hall–Kier alpha value is -3.40. The largest absolute Gasteiger partial charge is 0.382 e. The van der Waals surface area contributed by atoms with Crippen molar-refractivity contribution >= 4 is 34.5 Å². The van der Waals surface area contributed by atoms with E-state index in [0.717, 1.165) is 23.7 Å². The lowest BCUT2D eigenvalue weighted by atomic mass is 10.1. The van der Waals surface area contributed by atoms with Crippen molar-refractivity contribution < 1.29 is 4.79 Å². The summed E-state index contributed by atoms with van der Waals surface area (Å²) in [5.41, 5.74) is 8.28. The van der Waals surface area contributed by atoms with Crippen LogP contribution in [0.3, 0.4) is 0 Å². The number of carbonyl (C=O) groups excluding carboxylic acids is 1. The first-order chi connectivity index (χ1) is 14.0. The van der Waals surface area contributed by atoms with E-state index in [-0.39, 0.29) is 23.0 Å². The number of hydrogen-bond acceptors (Lipinski definition) is 7. The minimum Gasteiger partial charge on any atom is -0.382 e. The summed E-state index contributed by atoms with van der Waals surface area (Å²) in [5, 5.41) is 11.4. The highest BCUT2D eigenvalue weighted by molar-refractivity contribution is 7.99. The molecule has 148 valence electrons. The second kappa shape index (κ2) is 7.55. The van der Waals surface area contributed by atoms with Crippen molar-refractivity contribution in [2.45, 2.75) is 25.4 Å². The van der Waals surface area contributed by atoms with Gasteiger partial charge >= 0.3 is 0 Å². The van der Waals surface area contributed by atoms with E-state index in [0.29, 0.717) is 27.6 Å². The number of thioether (sulfide) groups is 1. The number of nitrogens with two attached hydrogens (primary N) is 1. The van der Waals surface area contributed by atoms with Crippen molar-refractivity contribution in [1.82, 2.24) is 29.5 Å². The van der Waals surface area contributed by atoms with E-state index in [4.69, 9.17) is 5.73 Å². The highest BCUT2D eigenvalue weighted by Crippen LogP contribution is 2.21. The van der Waals surface area contributed by atoms with Crippen LogP contribution in [0.5, 0.6) is 0 Å². The molecule has 0 bridgehead atoms. The van der Waals surface area contributed by atoms with Crippen molar-refractivity contribution in [1.29, 1.82) is 0 Å². The van der Waals surface area contributed by atoms with Gasteiger partial charge in [0.25, 0.3) is 11.5 Å². The van der Waals surface area contributed by atoms with Crippen molar-refractivity contribution in [2.24, 2.45) is 0 Å². The summed E-state index contributed by atoms with van der Waals surface area (Å²) in [6, 6.07) is 9.31. The summed E-state index contributed by atoms with van der Waals surface area (Å²) >= 11 is 1.16. The lowest BCUT2D eigenvalue weighted by Crippen LogP contribution is -2.23. The first kappa shape index (κ1) is 18.9. The predicted molar refractivity (Wildman–Crippen MR) is 112 cm³/mol. The van der Waals surface area contributed by atoms with E-state index in [1.807, 2.05) is 24.3 Å². The van der Waals surface area contributed by atoms with Crippen molar-refractivity contribution in [3.8, 4) is 5.69 Å². The highest BCUT2D eigenvalue weighted by Gasteiger charge is 2.17. The molecule has 0 atom stereocenters. The molecule has 9 nitrogen and oxygen atoms in total. The van der Waals surface area contributed by atoms with Gasteiger partial charge in [0.15, 0.2) is 10.8 Å². The molecule has 0 radical (unpaired) electrons. The number of fused-ring (bicyclic) bond motifs is 1. The molecule has 4 aromatic rings. The van der Waals surface area contributed by atoms with Gasteiger partial charge in [-0.25, -0.2) is 9.67 Å². The minimum absolute atomic E-state index is 0.0427. The van der Waals surface area contributed by atoms with Crippen LogP contribution in [-0.4, -0.2) is 41.2 Å². The summed E-state index contributed by atoms with van der Waals surface area (Å²) in [7, 11) is 0. The van der Waals surface area contributed by atoms with Crippen LogP contribution in [0.1, 0.15) is 23.0 Å². The number of carbonyl (C=O) groups is 1. The van der Waals surface area contributed by atoms with Crippen LogP contribution in [0, 0.1) is 6.92 Å². The Morgan fingerprint density at radius 3 is 2.69 bits per heavy atom. The summed E-state index contributed by atoms with van der Waals surface area (Å²) in [5.74, 6) is 0.0722. The molecule has 3 N–H and O–H groups in total. The molecular formula is C19H19N7O2S. The normalized spacial score (nSPS) is 11.2. The molecule has 1 aromatic carbocycles. The number of aryl methyl sites for hydroxylation is 2. The fourth-order valence-corrected chi connectivity index (χ4v) is 3.87. The van der Waals surface area contributed by atoms with Gasteiger partial charge in [0, 0.05) is 11.8 Å². The third-order valence-corrected chi connectivity index (χ3v) is 5.44. The second-order valence-electron chi connectivity index (χ2n) is 6.49. The number of H-pyrrole nitrogens is 1. The molecule has 0 aliphatic heterocycles. The molecule has 0 unspecified atom stereocenters. The lowest BCUT2D eigenvalue weighted by Gasteiger charge is -2.12. The Morgan fingerprint density at radius 2 is 2.03 bits per heavy atom. The van der Waals surface area contributed by atoms with Crippen molar-refractivity contribution in [2.75, 3.05) is 11.5 Å². The molecule has 0 aliphatic rings. The van der Waals surface area contributed by atoms with Gasteiger partial charge in [0.1, 0.15) is 11.2 Å². The van der Waals surface area contributed by atoms with Gasteiger partial charge in [0.2, 0.25) is 0 Å². The van der Waals surface area contributed by atoms with Gasteiger partial charge in [0.05, 0.1) is 17.6 Å². The highest BCUT2D eigenvalue weighted by atomic mass is 32.2. The van der Waals surface area contributed by atoms with Gasteiger partial charge in [-0.1, -0.05) is 30.8 Å². The molecule has 0 amide bonds. The summed E-state index contributed by atoms with van der Waals surface area (Å²) in [4.78, 5) is 30.1. The van der Waals surface area contributed by atoms with E-state index in [1.165, 1.54) is 15.4 Å². The standard InChI is InChI=1S/C19H19N7O2S/c1-3-12-4-6-13(7-5-12)25-18(28)14-9-21-23-17(14)22-19(25)29-10-16(27)26-11(2)8-15(20)24-26/h4-9H,3,10H2,1-2H3,(H2,20,24)(H,21,23). The van der Waals surface area contributed by atoms with E-state index >= 15 is 0 Å². The van der Waals surface area contributed by atoms with E-state index in [2.05, 4.69) is 27.2 Å². The van der Waals surface area contributed by atoms with Crippen molar-refractivity contribution in [3.63, 3.8) is 0 Å². The van der Waals surface area contributed by atoms with Gasteiger partial charge in [-0.15, -0.1) is 5.10 Å². The SMILES string of the molecule is CCc1ccc(-n2c(SCC(=O)n3nc(N)cc3C)nc3[nH]ncc3c2=O)cc1. The number of benzene rings is 1. The Kier molecular flexibility index (Phi) is 4.93. The molecule has 3 heterocycles. The van der Waals surface area contributed by atoms with Gasteiger partial charge in [-0.2, -0.15) is 5.10 Å².